The molecular weight excluding hydrogens is 189 g/mol. The Kier molecular flexibility index (Phi) is 5.82. The predicted molar refractivity (Wildman–Crippen MR) is 37.1 cm³/mol. The highest BCUT2D eigenvalue weighted by Gasteiger charge is 1.61. The highest BCUT2D eigenvalue weighted by molar-refractivity contribution is 14.1. The Morgan fingerprint density at radius 3 is 2.67 bits per heavy atom. The van der Waals surface area contributed by atoms with Gasteiger partial charge in [-0.25, -0.2) is 0 Å². The van der Waals surface area contributed by atoms with E-state index in [0.717, 1.165) is 6.54 Å². The van der Waals surface area contributed by atoms with Crippen molar-refractivity contribution < 1.29 is 0 Å². The van der Waals surface area contributed by atoms with Crippen molar-refractivity contribution in [2.24, 2.45) is 0 Å². The minimum atomic E-state index is 0.975. The van der Waals surface area contributed by atoms with Crippen LogP contribution in [0.3, 0.4) is 0 Å². The fraction of sp³-hybridized carbons (Fsp3) is 0.500. The van der Waals surface area contributed by atoms with Crippen LogP contribution >= 0.6 is 22.6 Å². The zero-order valence-electron chi connectivity index (χ0n) is 3.74. The Bertz CT molecular complexity index is 42.8. The molecule has 0 rings (SSSR count). The van der Waals surface area contributed by atoms with Gasteiger partial charge in [0.05, 0.1) is 0 Å². The lowest BCUT2D eigenvalue weighted by Gasteiger charge is -1.81. The van der Waals surface area contributed by atoms with E-state index in [1.54, 1.807) is 0 Å². The second kappa shape index (κ2) is 5.43. The average Bonchev–Trinajstić information content (AvgIpc) is 1.61. The zero-order valence-corrected chi connectivity index (χ0v) is 5.90. The van der Waals surface area contributed by atoms with Crippen molar-refractivity contribution in [3.63, 3.8) is 0 Å². The molecule has 0 aromatic rings. The number of halogens is 1. The van der Waals surface area contributed by atoms with E-state index in [9.17, 15) is 0 Å². The van der Waals surface area contributed by atoms with E-state index in [0.29, 0.717) is 0 Å². The molecule has 0 aromatic heterocycles. The van der Waals surface area contributed by atoms with Crippen molar-refractivity contribution in [3.05, 3.63) is 10.2 Å². The summed E-state index contributed by atoms with van der Waals surface area (Å²) in [6, 6.07) is 0. The lowest BCUT2D eigenvalue weighted by molar-refractivity contribution is 0.921. The largest absolute Gasteiger partial charge is 0.316 e. The summed E-state index contributed by atoms with van der Waals surface area (Å²) in [6.07, 6.45) is 2.06. The smallest absolute Gasteiger partial charge is 0.0139 e. The van der Waals surface area contributed by atoms with Gasteiger partial charge in [-0.1, -0.05) is 28.7 Å². The van der Waals surface area contributed by atoms with Gasteiger partial charge in [-0.15, -0.1) is 0 Å². The molecule has 0 atom stereocenters. The van der Waals surface area contributed by atoms with Gasteiger partial charge in [0.1, 0.15) is 0 Å². The molecule has 0 saturated carbocycles. The molecule has 0 bridgehead atoms. The van der Waals surface area contributed by atoms with E-state index in [1.165, 1.54) is 0 Å². The molecule has 2 heteroatoms. The van der Waals surface area contributed by atoms with Crippen LogP contribution in [0.5, 0.6) is 0 Å². The second-order valence-corrected chi connectivity index (χ2v) is 1.64. The maximum atomic E-state index is 2.98. The van der Waals surface area contributed by atoms with Gasteiger partial charge in [0.2, 0.25) is 0 Å². The van der Waals surface area contributed by atoms with Gasteiger partial charge in [-0.3, -0.25) is 0 Å². The molecule has 0 saturated heterocycles. The van der Waals surface area contributed by atoms with E-state index >= 15 is 0 Å². The van der Waals surface area contributed by atoms with Crippen molar-refractivity contribution >= 4 is 22.6 Å². The standard InChI is InChI=1S/C4H8IN/c1-6-4-2-3-5/h2-3,6H,4H2,1H3/b3-2-. The fourth-order valence-electron chi connectivity index (χ4n) is 0.162. The van der Waals surface area contributed by atoms with Crippen LogP contribution in [0.1, 0.15) is 0 Å². The van der Waals surface area contributed by atoms with Crippen LogP contribution in [0.25, 0.3) is 0 Å². The van der Waals surface area contributed by atoms with Crippen LogP contribution < -0.4 is 5.32 Å². The number of rotatable bonds is 2. The maximum Gasteiger partial charge on any atom is 0.0139 e. The van der Waals surface area contributed by atoms with Gasteiger partial charge in [0.15, 0.2) is 0 Å². The molecular formula is C4H8IN. The molecule has 0 aliphatic rings. The quantitative estimate of drug-likeness (QED) is 0.655. The van der Waals surface area contributed by atoms with E-state index in [-0.39, 0.29) is 0 Å². The summed E-state index contributed by atoms with van der Waals surface area (Å²) in [4.78, 5) is 0. The molecule has 0 aliphatic carbocycles. The minimum Gasteiger partial charge on any atom is -0.316 e. The topological polar surface area (TPSA) is 12.0 Å². The second-order valence-electron chi connectivity index (χ2n) is 0.919. The van der Waals surface area contributed by atoms with E-state index in [1.807, 2.05) is 11.1 Å². The van der Waals surface area contributed by atoms with Gasteiger partial charge in [0, 0.05) is 6.54 Å². The molecule has 0 unspecified atom stereocenters. The van der Waals surface area contributed by atoms with Crippen LogP contribution in [-0.4, -0.2) is 13.6 Å². The molecule has 0 amide bonds. The molecule has 0 spiro atoms. The monoisotopic (exact) mass is 197 g/mol. The van der Waals surface area contributed by atoms with Crippen LogP contribution in [0, 0.1) is 0 Å². The van der Waals surface area contributed by atoms with Gasteiger partial charge in [-0.05, 0) is 11.1 Å². The van der Waals surface area contributed by atoms with E-state index < -0.39 is 0 Å². The third-order valence-corrected chi connectivity index (χ3v) is 0.920. The van der Waals surface area contributed by atoms with Crippen LogP contribution in [-0.2, 0) is 0 Å². The van der Waals surface area contributed by atoms with Gasteiger partial charge >= 0.3 is 0 Å². The first-order valence-corrected chi connectivity index (χ1v) is 3.06. The number of hydrogen-bond acceptors (Lipinski definition) is 1. The Balaban J connectivity index is 2.66. The fourth-order valence-corrected chi connectivity index (χ4v) is 0.417. The molecule has 36 valence electrons. The Morgan fingerprint density at radius 1 is 1.83 bits per heavy atom. The first-order valence-electron chi connectivity index (χ1n) is 1.81. The average molecular weight is 197 g/mol. The van der Waals surface area contributed by atoms with Crippen molar-refractivity contribution in [1.82, 2.24) is 5.32 Å². The van der Waals surface area contributed by atoms with Crippen LogP contribution in [0.15, 0.2) is 10.2 Å². The highest BCUT2D eigenvalue weighted by atomic mass is 127. The molecule has 6 heavy (non-hydrogen) atoms. The molecule has 0 aliphatic heterocycles. The van der Waals surface area contributed by atoms with Gasteiger partial charge < -0.3 is 5.32 Å². The molecule has 1 nitrogen and oxygen atoms in total. The number of hydrogen-bond donors (Lipinski definition) is 1. The number of nitrogens with one attached hydrogen (secondary N) is 1. The lowest BCUT2D eigenvalue weighted by atomic mass is 10.6. The first kappa shape index (κ1) is 6.43. The highest BCUT2D eigenvalue weighted by Crippen LogP contribution is 1.79. The third kappa shape index (κ3) is 4.43. The molecule has 0 aromatic carbocycles. The summed E-state index contributed by atoms with van der Waals surface area (Å²) in [6.45, 7) is 0.975. The summed E-state index contributed by atoms with van der Waals surface area (Å²) in [5.41, 5.74) is 0. The van der Waals surface area contributed by atoms with Gasteiger partial charge in [0.25, 0.3) is 0 Å². The minimum absolute atomic E-state index is 0.975. The predicted octanol–water partition coefficient (Wildman–Crippen LogP) is 1.15. The van der Waals surface area contributed by atoms with Crippen molar-refractivity contribution in [2.45, 2.75) is 0 Å². The molecule has 0 radical (unpaired) electrons. The summed E-state index contributed by atoms with van der Waals surface area (Å²) in [7, 11) is 1.93. The zero-order chi connectivity index (χ0) is 4.83. The molecule has 0 fully saturated rings. The Morgan fingerprint density at radius 2 is 2.50 bits per heavy atom. The lowest BCUT2D eigenvalue weighted by Crippen LogP contribution is -2.03. The maximum absolute atomic E-state index is 2.98. The van der Waals surface area contributed by atoms with E-state index in [4.69, 9.17) is 0 Å². The molecule has 1 N–H and O–H groups in total. The van der Waals surface area contributed by atoms with Crippen LogP contribution in [0.2, 0.25) is 0 Å². The summed E-state index contributed by atoms with van der Waals surface area (Å²) in [5, 5.41) is 2.98. The van der Waals surface area contributed by atoms with Crippen molar-refractivity contribution in [1.29, 1.82) is 0 Å². The van der Waals surface area contributed by atoms with Gasteiger partial charge in [-0.2, -0.15) is 0 Å². The summed E-state index contributed by atoms with van der Waals surface area (Å²) < 4.78 is 1.99. The molecule has 0 heterocycles. The van der Waals surface area contributed by atoms with E-state index in [2.05, 4.69) is 34.0 Å². The van der Waals surface area contributed by atoms with Crippen molar-refractivity contribution in [2.75, 3.05) is 13.6 Å². The summed E-state index contributed by atoms with van der Waals surface area (Å²) >= 11 is 2.19. The first-order chi connectivity index (χ1) is 2.91. The Labute approximate surface area is 52.0 Å². The summed E-state index contributed by atoms with van der Waals surface area (Å²) in [5.74, 6) is 0. The normalized spacial score (nSPS) is 10.3. The number of likely N-dealkylation sites (N-methyl/N-ethyl adjacent to an activating group) is 1. The third-order valence-electron chi connectivity index (χ3n) is 0.411. The SMILES string of the molecule is CNC/C=C\I. The van der Waals surface area contributed by atoms with Crippen molar-refractivity contribution in [3.8, 4) is 0 Å². The van der Waals surface area contributed by atoms with Crippen LogP contribution in [0.4, 0.5) is 0 Å². The Hall–Kier alpha value is 0.430.